The number of hydroxylamine groups is 1. The van der Waals surface area contributed by atoms with Gasteiger partial charge in [-0.3, -0.25) is 19.6 Å². The lowest BCUT2D eigenvalue weighted by Gasteiger charge is -2.34. The average molecular weight is 473 g/mol. The minimum absolute atomic E-state index is 0.0680. The molecule has 0 fully saturated rings. The summed E-state index contributed by atoms with van der Waals surface area (Å²) in [4.78, 5) is 39.2. The zero-order valence-electron chi connectivity index (χ0n) is 19.3. The first-order valence-corrected chi connectivity index (χ1v) is 12.3. The number of nitrogens with zero attached hydrogens (tertiary/aromatic N) is 1. The quantitative estimate of drug-likeness (QED) is 0.192. The van der Waals surface area contributed by atoms with Crippen molar-refractivity contribution in [3.8, 4) is 0 Å². The highest BCUT2D eigenvalue weighted by atomic mass is 32.2. The Bertz CT molecular complexity index is 705. The first kappa shape index (κ1) is 27.5. The van der Waals surface area contributed by atoms with Gasteiger partial charge in [0.15, 0.2) is 0 Å². The normalized spacial score (nSPS) is 12.7. The van der Waals surface area contributed by atoms with Crippen LogP contribution in [0.2, 0.25) is 0 Å². The molecule has 31 heavy (non-hydrogen) atoms. The second-order valence-electron chi connectivity index (χ2n) is 9.10. The molecule has 1 heterocycles. The van der Waals surface area contributed by atoms with Crippen LogP contribution in [0.3, 0.4) is 0 Å². The summed E-state index contributed by atoms with van der Waals surface area (Å²) in [6, 6.07) is 3.78. The SMILES string of the molecule is CC(C)CCC(=O)N(C[C@@H](Sc1cccs1)C(=O)NO)CC(C)(C)CC(=O)OC(C)C. The first-order valence-electron chi connectivity index (χ1n) is 10.5. The van der Waals surface area contributed by atoms with Crippen molar-refractivity contribution in [1.82, 2.24) is 10.4 Å². The lowest BCUT2D eigenvalue weighted by Crippen LogP contribution is -2.46. The number of nitrogens with one attached hydrogen (secondary N) is 1. The maximum absolute atomic E-state index is 13.0. The summed E-state index contributed by atoms with van der Waals surface area (Å²) < 4.78 is 6.19. The Morgan fingerprint density at radius 2 is 1.94 bits per heavy atom. The van der Waals surface area contributed by atoms with Crippen LogP contribution in [0.4, 0.5) is 0 Å². The molecule has 1 aromatic rings. The largest absolute Gasteiger partial charge is 0.463 e. The van der Waals surface area contributed by atoms with Gasteiger partial charge in [0.25, 0.3) is 5.91 Å². The van der Waals surface area contributed by atoms with Crippen molar-refractivity contribution >= 4 is 40.9 Å². The first-order chi connectivity index (χ1) is 14.4. The molecule has 0 saturated carbocycles. The fourth-order valence-electron chi connectivity index (χ4n) is 3.01. The Balaban J connectivity index is 3.00. The van der Waals surface area contributed by atoms with E-state index in [1.807, 2.05) is 31.4 Å². The van der Waals surface area contributed by atoms with Crippen LogP contribution in [0.25, 0.3) is 0 Å². The van der Waals surface area contributed by atoms with Crippen LogP contribution in [-0.4, -0.2) is 52.3 Å². The van der Waals surface area contributed by atoms with Gasteiger partial charge in [-0.2, -0.15) is 0 Å². The van der Waals surface area contributed by atoms with Crippen LogP contribution in [-0.2, 0) is 19.1 Å². The van der Waals surface area contributed by atoms with E-state index in [9.17, 15) is 19.6 Å². The van der Waals surface area contributed by atoms with Gasteiger partial charge < -0.3 is 9.64 Å². The van der Waals surface area contributed by atoms with Crippen molar-refractivity contribution in [3.63, 3.8) is 0 Å². The highest BCUT2D eigenvalue weighted by molar-refractivity contribution is 8.02. The standard InChI is InChI=1S/C22H36N2O5S2/c1-15(2)9-10-18(25)24(14-22(5,6)12-19(26)29-16(3)4)13-17(21(27)23-28)31-20-8-7-11-30-20/h7-8,11,15-17,28H,9-10,12-14H2,1-6H3,(H,23,27)/t17-/m1/s1. The van der Waals surface area contributed by atoms with Gasteiger partial charge in [-0.1, -0.05) is 33.8 Å². The smallest absolute Gasteiger partial charge is 0.306 e. The van der Waals surface area contributed by atoms with E-state index < -0.39 is 16.6 Å². The number of amides is 2. The number of esters is 1. The number of thioether (sulfide) groups is 1. The summed E-state index contributed by atoms with van der Waals surface area (Å²) in [5.74, 6) is -0.567. The van der Waals surface area contributed by atoms with Crippen molar-refractivity contribution in [2.75, 3.05) is 13.1 Å². The van der Waals surface area contributed by atoms with Gasteiger partial charge in [0.2, 0.25) is 5.91 Å². The van der Waals surface area contributed by atoms with Gasteiger partial charge in [-0.05, 0) is 43.0 Å². The van der Waals surface area contributed by atoms with Crippen molar-refractivity contribution in [1.29, 1.82) is 0 Å². The molecular formula is C22H36N2O5S2. The Morgan fingerprint density at radius 3 is 2.45 bits per heavy atom. The van der Waals surface area contributed by atoms with Gasteiger partial charge in [0, 0.05) is 19.5 Å². The van der Waals surface area contributed by atoms with Gasteiger partial charge >= 0.3 is 5.97 Å². The molecule has 1 atom stereocenters. The van der Waals surface area contributed by atoms with Crippen molar-refractivity contribution in [2.24, 2.45) is 11.3 Å². The topological polar surface area (TPSA) is 95.9 Å². The van der Waals surface area contributed by atoms with E-state index in [4.69, 9.17) is 4.74 Å². The van der Waals surface area contributed by atoms with Crippen LogP contribution < -0.4 is 5.48 Å². The van der Waals surface area contributed by atoms with Crippen LogP contribution in [0.5, 0.6) is 0 Å². The van der Waals surface area contributed by atoms with Gasteiger partial charge in [0.05, 0.1) is 16.7 Å². The number of rotatable bonds is 13. The van der Waals surface area contributed by atoms with E-state index >= 15 is 0 Å². The van der Waals surface area contributed by atoms with E-state index in [0.29, 0.717) is 18.9 Å². The number of ether oxygens (including phenoxy) is 1. The van der Waals surface area contributed by atoms with Crippen LogP contribution in [0, 0.1) is 11.3 Å². The zero-order chi connectivity index (χ0) is 23.6. The predicted molar refractivity (Wildman–Crippen MR) is 124 cm³/mol. The molecule has 176 valence electrons. The molecule has 0 aromatic carbocycles. The van der Waals surface area contributed by atoms with Crippen molar-refractivity contribution < 1.29 is 24.3 Å². The number of thiophene rings is 1. The Labute approximate surface area is 193 Å². The molecule has 0 bridgehead atoms. The second-order valence-corrected chi connectivity index (χ2v) is 11.6. The predicted octanol–water partition coefficient (Wildman–Crippen LogP) is 4.35. The van der Waals surface area contributed by atoms with E-state index in [-0.39, 0.29) is 30.9 Å². The van der Waals surface area contributed by atoms with Crippen LogP contribution in [0.15, 0.2) is 21.7 Å². The summed E-state index contributed by atoms with van der Waals surface area (Å²) in [5, 5.41) is 10.5. The molecule has 0 aliphatic rings. The minimum Gasteiger partial charge on any atom is -0.463 e. The molecule has 1 rings (SSSR count). The molecule has 0 aliphatic heterocycles. The second kappa shape index (κ2) is 13.1. The van der Waals surface area contributed by atoms with Crippen LogP contribution >= 0.6 is 23.1 Å². The average Bonchev–Trinajstić information content (AvgIpc) is 3.15. The fourth-order valence-corrected chi connectivity index (χ4v) is 5.05. The molecule has 0 unspecified atom stereocenters. The third-order valence-corrected chi connectivity index (χ3v) is 6.69. The molecule has 2 amide bonds. The third-order valence-electron chi connectivity index (χ3n) is 4.44. The number of carbonyl (C=O) groups is 3. The van der Waals surface area contributed by atoms with Crippen LogP contribution in [0.1, 0.15) is 60.8 Å². The molecule has 2 N–H and O–H groups in total. The summed E-state index contributed by atoms with van der Waals surface area (Å²) in [6.07, 6.45) is 1.06. The molecule has 1 aromatic heterocycles. The summed E-state index contributed by atoms with van der Waals surface area (Å²) in [7, 11) is 0. The maximum atomic E-state index is 13.0. The summed E-state index contributed by atoms with van der Waals surface area (Å²) in [6.45, 7) is 12.0. The van der Waals surface area contributed by atoms with E-state index in [1.165, 1.54) is 23.1 Å². The van der Waals surface area contributed by atoms with Crippen molar-refractivity contribution in [2.45, 2.75) is 76.4 Å². The highest BCUT2D eigenvalue weighted by Crippen LogP contribution is 2.30. The molecule has 9 heteroatoms. The zero-order valence-corrected chi connectivity index (χ0v) is 21.0. The fraction of sp³-hybridized carbons (Fsp3) is 0.682. The lowest BCUT2D eigenvalue weighted by molar-refractivity contribution is -0.151. The Morgan fingerprint density at radius 1 is 1.26 bits per heavy atom. The summed E-state index contributed by atoms with van der Waals surface area (Å²) in [5.41, 5.74) is 1.19. The molecule has 0 saturated heterocycles. The molecular weight excluding hydrogens is 436 g/mol. The van der Waals surface area contributed by atoms with Gasteiger partial charge in [-0.15, -0.1) is 23.1 Å². The highest BCUT2D eigenvalue weighted by Gasteiger charge is 2.32. The third kappa shape index (κ3) is 11.0. The Hall–Kier alpha value is -1.58. The van der Waals surface area contributed by atoms with Crippen molar-refractivity contribution in [3.05, 3.63) is 17.5 Å². The van der Waals surface area contributed by atoms with Gasteiger partial charge in [-0.25, -0.2) is 5.48 Å². The molecule has 0 aliphatic carbocycles. The summed E-state index contributed by atoms with van der Waals surface area (Å²) >= 11 is 2.80. The lowest BCUT2D eigenvalue weighted by atomic mass is 9.88. The Kier molecular flexibility index (Phi) is 11.6. The number of hydrogen-bond donors (Lipinski definition) is 2. The van der Waals surface area contributed by atoms with Gasteiger partial charge in [0.1, 0.15) is 5.25 Å². The maximum Gasteiger partial charge on any atom is 0.306 e. The molecule has 0 radical (unpaired) electrons. The van der Waals surface area contributed by atoms with E-state index in [0.717, 1.165) is 10.6 Å². The van der Waals surface area contributed by atoms with E-state index in [2.05, 4.69) is 13.8 Å². The monoisotopic (exact) mass is 472 g/mol. The number of carbonyl (C=O) groups excluding carboxylic acids is 3. The van der Waals surface area contributed by atoms with E-state index in [1.54, 1.807) is 24.2 Å². The minimum atomic E-state index is -0.676. The molecule has 7 nitrogen and oxygen atoms in total. The number of hydrogen-bond acceptors (Lipinski definition) is 7. The molecule has 0 spiro atoms.